The second-order valence-electron chi connectivity index (χ2n) is 5.58. The summed E-state index contributed by atoms with van der Waals surface area (Å²) < 4.78 is 12.9. The van der Waals surface area contributed by atoms with Crippen LogP contribution in [0.15, 0.2) is 18.2 Å². The Morgan fingerprint density at radius 1 is 1.39 bits per heavy atom. The zero-order chi connectivity index (χ0) is 13.0. The molecule has 0 amide bonds. The second kappa shape index (κ2) is 6.07. The van der Waals surface area contributed by atoms with E-state index in [0.717, 1.165) is 24.1 Å². The molecule has 2 nitrogen and oxygen atoms in total. The molecular formula is C15H23FN2. The van der Waals surface area contributed by atoms with Crippen LogP contribution in [0.4, 0.5) is 15.8 Å². The SMILES string of the molecule is CC1CCCC(CCNc2ccc(F)cc2N)C1. The van der Waals surface area contributed by atoms with E-state index in [9.17, 15) is 4.39 Å². The minimum absolute atomic E-state index is 0.279. The monoisotopic (exact) mass is 250 g/mol. The Kier molecular flexibility index (Phi) is 4.45. The molecule has 0 saturated heterocycles. The molecule has 1 aromatic rings. The van der Waals surface area contributed by atoms with Crippen LogP contribution in [-0.2, 0) is 0 Å². The van der Waals surface area contributed by atoms with Crippen molar-refractivity contribution in [2.45, 2.75) is 39.0 Å². The van der Waals surface area contributed by atoms with Crippen LogP contribution in [0.25, 0.3) is 0 Å². The van der Waals surface area contributed by atoms with Crippen molar-refractivity contribution < 1.29 is 4.39 Å². The van der Waals surface area contributed by atoms with Crippen molar-refractivity contribution >= 4 is 11.4 Å². The van der Waals surface area contributed by atoms with Gasteiger partial charge < -0.3 is 11.1 Å². The summed E-state index contributed by atoms with van der Waals surface area (Å²) >= 11 is 0. The summed E-state index contributed by atoms with van der Waals surface area (Å²) in [7, 11) is 0. The fourth-order valence-corrected chi connectivity index (χ4v) is 2.93. The van der Waals surface area contributed by atoms with Crippen molar-refractivity contribution in [1.82, 2.24) is 0 Å². The average Bonchev–Trinajstić information content (AvgIpc) is 2.32. The van der Waals surface area contributed by atoms with E-state index in [1.807, 2.05) is 0 Å². The highest BCUT2D eigenvalue weighted by Crippen LogP contribution is 2.30. The van der Waals surface area contributed by atoms with Gasteiger partial charge in [0.2, 0.25) is 0 Å². The molecule has 0 bridgehead atoms. The number of anilines is 2. The molecule has 0 spiro atoms. The third-order valence-corrected chi connectivity index (χ3v) is 3.93. The molecule has 3 heteroatoms. The second-order valence-corrected chi connectivity index (χ2v) is 5.58. The lowest BCUT2D eigenvalue weighted by atomic mass is 9.81. The first-order valence-electron chi connectivity index (χ1n) is 6.94. The van der Waals surface area contributed by atoms with Gasteiger partial charge in [-0.3, -0.25) is 0 Å². The number of rotatable bonds is 4. The van der Waals surface area contributed by atoms with Gasteiger partial charge >= 0.3 is 0 Å². The largest absolute Gasteiger partial charge is 0.397 e. The molecule has 18 heavy (non-hydrogen) atoms. The molecule has 0 heterocycles. The van der Waals surface area contributed by atoms with Gasteiger partial charge in [-0.05, 0) is 42.9 Å². The lowest BCUT2D eigenvalue weighted by Crippen LogP contribution is -2.16. The van der Waals surface area contributed by atoms with Crippen LogP contribution in [0.5, 0.6) is 0 Å². The highest BCUT2D eigenvalue weighted by Gasteiger charge is 2.18. The Bertz CT molecular complexity index is 392. The summed E-state index contributed by atoms with van der Waals surface area (Å²) in [5.41, 5.74) is 7.10. The van der Waals surface area contributed by atoms with Crippen molar-refractivity contribution in [3.8, 4) is 0 Å². The molecule has 1 fully saturated rings. The minimum Gasteiger partial charge on any atom is -0.397 e. The first kappa shape index (κ1) is 13.2. The van der Waals surface area contributed by atoms with Gasteiger partial charge in [0.15, 0.2) is 0 Å². The fourth-order valence-electron chi connectivity index (χ4n) is 2.93. The number of nitrogen functional groups attached to an aromatic ring is 1. The first-order chi connectivity index (χ1) is 8.65. The number of benzene rings is 1. The molecule has 3 N–H and O–H groups in total. The number of halogens is 1. The Morgan fingerprint density at radius 3 is 2.94 bits per heavy atom. The van der Waals surface area contributed by atoms with E-state index in [0.29, 0.717) is 5.69 Å². The molecular weight excluding hydrogens is 227 g/mol. The molecule has 2 atom stereocenters. The molecule has 0 aromatic heterocycles. The predicted octanol–water partition coefficient (Wildman–Crippen LogP) is 4.04. The number of hydrogen-bond acceptors (Lipinski definition) is 2. The van der Waals surface area contributed by atoms with E-state index in [1.165, 1.54) is 44.2 Å². The van der Waals surface area contributed by atoms with E-state index < -0.39 is 0 Å². The molecule has 1 aromatic carbocycles. The van der Waals surface area contributed by atoms with Crippen molar-refractivity contribution in [1.29, 1.82) is 0 Å². The van der Waals surface area contributed by atoms with Gasteiger partial charge in [-0.1, -0.05) is 26.2 Å². The third-order valence-electron chi connectivity index (χ3n) is 3.93. The van der Waals surface area contributed by atoms with E-state index in [4.69, 9.17) is 5.73 Å². The van der Waals surface area contributed by atoms with Gasteiger partial charge in [0.25, 0.3) is 0 Å². The highest BCUT2D eigenvalue weighted by atomic mass is 19.1. The molecule has 1 aliphatic rings. The maximum absolute atomic E-state index is 12.9. The molecule has 1 saturated carbocycles. The quantitative estimate of drug-likeness (QED) is 0.792. The minimum atomic E-state index is -0.279. The Hall–Kier alpha value is -1.25. The highest BCUT2D eigenvalue weighted by molar-refractivity contribution is 5.65. The van der Waals surface area contributed by atoms with Gasteiger partial charge in [-0.2, -0.15) is 0 Å². The number of nitrogens with one attached hydrogen (secondary N) is 1. The van der Waals surface area contributed by atoms with Crippen LogP contribution in [0, 0.1) is 17.7 Å². The smallest absolute Gasteiger partial charge is 0.125 e. The van der Waals surface area contributed by atoms with E-state index >= 15 is 0 Å². The van der Waals surface area contributed by atoms with Gasteiger partial charge in [-0.15, -0.1) is 0 Å². The normalized spacial score (nSPS) is 23.9. The van der Waals surface area contributed by atoms with E-state index in [2.05, 4.69) is 12.2 Å². The summed E-state index contributed by atoms with van der Waals surface area (Å²) in [6, 6.07) is 4.53. The van der Waals surface area contributed by atoms with Gasteiger partial charge in [0, 0.05) is 6.54 Å². The lowest BCUT2D eigenvalue weighted by Gasteiger charge is -2.26. The zero-order valence-corrected chi connectivity index (χ0v) is 11.1. The van der Waals surface area contributed by atoms with E-state index in [1.54, 1.807) is 6.07 Å². The standard InChI is InChI=1S/C15H23FN2/c1-11-3-2-4-12(9-11)7-8-18-15-6-5-13(16)10-14(15)17/h5-6,10-12,18H,2-4,7-9,17H2,1H3. The van der Waals surface area contributed by atoms with Gasteiger partial charge in [0.05, 0.1) is 11.4 Å². The van der Waals surface area contributed by atoms with E-state index in [-0.39, 0.29) is 5.82 Å². The molecule has 0 aliphatic heterocycles. The zero-order valence-electron chi connectivity index (χ0n) is 11.1. The summed E-state index contributed by atoms with van der Waals surface area (Å²) in [6.45, 7) is 3.27. The molecule has 2 unspecified atom stereocenters. The third kappa shape index (κ3) is 3.62. The topological polar surface area (TPSA) is 38.0 Å². The van der Waals surface area contributed by atoms with Gasteiger partial charge in [-0.25, -0.2) is 4.39 Å². The maximum atomic E-state index is 12.9. The summed E-state index contributed by atoms with van der Waals surface area (Å²) in [6.07, 6.45) is 6.63. The van der Waals surface area contributed by atoms with Crippen LogP contribution in [0.1, 0.15) is 39.0 Å². The molecule has 100 valence electrons. The fraction of sp³-hybridized carbons (Fsp3) is 0.600. The van der Waals surface area contributed by atoms with Crippen molar-refractivity contribution in [3.05, 3.63) is 24.0 Å². The lowest BCUT2D eigenvalue weighted by molar-refractivity contribution is 0.274. The van der Waals surface area contributed by atoms with Crippen LogP contribution in [0.2, 0.25) is 0 Å². The predicted molar refractivity (Wildman–Crippen MR) is 75.0 cm³/mol. The summed E-state index contributed by atoms with van der Waals surface area (Å²) in [5.74, 6) is 1.43. The first-order valence-corrected chi connectivity index (χ1v) is 6.94. The van der Waals surface area contributed by atoms with Crippen LogP contribution >= 0.6 is 0 Å². The Labute approximate surface area is 109 Å². The average molecular weight is 250 g/mol. The Balaban J connectivity index is 1.77. The molecule has 1 aliphatic carbocycles. The number of nitrogens with two attached hydrogens (primary N) is 1. The van der Waals surface area contributed by atoms with Gasteiger partial charge in [0.1, 0.15) is 5.82 Å². The van der Waals surface area contributed by atoms with Crippen molar-refractivity contribution in [3.63, 3.8) is 0 Å². The summed E-state index contributed by atoms with van der Waals surface area (Å²) in [5, 5.41) is 3.31. The van der Waals surface area contributed by atoms with Crippen LogP contribution in [0.3, 0.4) is 0 Å². The molecule has 2 rings (SSSR count). The number of hydrogen-bond donors (Lipinski definition) is 2. The Morgan fingerprint density at radius 2 is 2.22 bits per heavy atom. The van der Waals surface area contributed by atoms with Crippen LogP contribution < -0.4 is 11.1 Å². The molecule has 0 radical (unpaired) electrons. The van der Waals surface area contributed by atoms with Crippen molar-refractivity contribution in [2.75, 3.05) is 17.6 Å². The van der Waals surface area contributed by atoms with Crippen molar-refractivity contribution in [2.24, 2.45) is 11.8 Å². The summed E-state index contributed by atoms with van der Waals surface area (Å²) in [4.78, 5) is 0. The maximum Gasteiger partial charge on any atom is 0.125 e. The van der Waals surface area contributed by atoms with Crippen LogP contribution in [-0.4, -0.2) is 6.54 Å².